The number of nitrogens with zero attached hydrogens (tertiary/aromatic N) is 3. The largest absolute Gasteiger partial charge is 0.489 e. The summed E-state index contributed by atoms with van der Waals surface area (Å²) in [4.78, 5) is 44.1. The molecule has 3 aromatic rings. The molecular formula is C30H34N4O6. The summed E-state index contributed by atoms with van der Waals surface area (Å²) in [7, 11) is 0. The average Bonchev–Trinajstić information content (AvgIpc) is 3.46. The summed E-state index contributed by atoms with van der Waals surface area (Å²) >= 11 is 0. The van der Waals surface area contributed by atoms with Crippen molar-refractivity contribution in [1.29, 1.82) is 0 Å². The number of carbonyl (C=O) groups excluding carboxylic acids is 2. The van der Waals surface area contributed by atoms with Crippen LogP contribution in [0.3, 0.4) is 0 Å². The third-order valence-corrected chi connectivity index (χ3v) is 7.56. The van der Waals surface area contributed by atoms with E-state index in [1.54, 1.807) is 26.0 Å². The van der Waals surface area contributed by atoms with Crippen LogP contribution in [0.4, 0.5) is 0 Å². The molecule has 10 nitrogen and oxygen atoms in total. The lowest BCUT2D eigenvalue weighted by Gasteiger charge is -2.24. The first-order chi connectivity index (χ1) is 19.0. The minimum absolute atomic E-state index is 0.00309. The summed E-state index contributed by atoms with van der Waals surface area (Å²) < 4.78 is 6.27. The van der Waals surface area contributed by atoms with Crippen molar-refractivity contribution in [3.05, 3.63) is 70.9 Å². The summed E-state index contributed by atoms with van der Waals surface area (Å²) in [6, 6.07) is 14.3. The Balaban J connectivity index is 1.20. The van der Waals surface area contributed by atoms with Crippen molar-refractivity contribution >= 4 is 28.7 Å². The van der Waals surface area contributed by atoms with Crippen LogP contribution in [0.15, 0.2) is 48.5 Å². The van der Waals surface area contributed by atoms with Gasteiger partial charge >= 0.3 is 5.97 Å². The van der Waals surface area contributed by atoms with E-state index in [1.807, 2.05) is 24.3 Å². The number of amides is 2. The van der Waals surface area contributed by atoms with Gasteiger partial charge in [0.1, 0.15) is 23.5 Å². The average molecular weight is 547 g/mol. The van der Waals surface area contributed by atoms with Crippen molar-refractivity contribution in [2.45, 2.75) is 63.9 Å². The van der Waals surface area contributed by atoms with Gasteiger partial charge in [-0.25, -0.2) is 4.98 Å². The molecule has 10 heteroatoms. The molecule has 3 heterocycles. The number of hydrogen-bond acceptors (Lipinski definition) is 7. The zero-order chi connectivity index (χ0) is 28.6. The van der Waals surface area contributed by atoms with Crippen LogP contribution in [-0.2, 0) is 28.3 Å². The number of rotatable bonds is 10. The fraction of sp³-hybridized carbons (Fsp3) is 0.400. The van der Waals surface area contributed by atoms with E-state index in [0.29, 0.717) is 17.0 Å². The number of aliphatic hydroxyl groups is 1. The second-order valence-corrected chi connectivity index (χ2v) is 11.1. The number of ether oxygens (including phenoxy) is 1. The predicted molar refractivity (Wildman–Crippen MR) is 147 cm³/mol. The zero-order valence-corrected chi connectivity index (χ0v) is 22.7. The standard InChI is InChI=1S/C30H34N4O6/c1-30(2,39)26-9-4-19-13-18(3-7-24(19)32-26)15-33-12-11-22(17-33)40-21-5-6-23-20(14-21)16-34(29(23)38)25(28(31)37)8-10-27(35)36/h3-7,9,13-14,22,25,39H,8,10-12,15-17H2,1-2H3,(H2,31,37)(H,35,36). The van der Waals surface area contributed by atoms with E-state index < -0.39 is 23.5 Å². The van der Waals surface area contributed by atoms with Gasteiger partial charge in [-0.1, -0.05) is 12.1 Å². The molecule has 2 amide bonds. The highest BCUT2D eigenvalue weighted by Gasteiger charge is 2.36. The third-order valence-electron chi connectivity index (χ3n) is 7.56. The molecular weight excluding hydrogens is 512 g/mol. The summed E-state index contributed by atoms with van der Waals surface area (Å²) in [5.74, 6) is -1.44. The minimum atomic E-state index is -1.05. The molecule has 0 bridgehead atoms. The van der Waals surface area contributed by atoms with Crippen molar-refractivity contribution in [2.24, 2.45) is 5.73 Å². The van der Waals surface area contributed by atoms with Crippen LogP contribution >= 0.6 is 0 Å². The van der Waals surface area contributed by atoms with Crippen LogP contribution in [0.5, 0.6) is 5.75 Å². The Morgan fingerprint density at radius 2 is 1.98 bits per heavy atom. The van der Waals surface area contributed by atoms with Crippen LogP contribution in [0.25, 0.3) is 10.9 Å². The molecule has 0 spiro atoms. The number of hydrogen-bond donors (Lipinski definition) is 3. The first-order valence-electron chi connectivity index (χ1n) is 13.4. The molecule has 0 saturated carbocycles. The first kappa shape index (κ1) is 27.5. The summed E-state index contributed by atoms with van der Waals surface area (Å²) in [6.07, 6.45) is 0.586. The maximum atomic E-state index is 12.9. The minimum Gasteiger partial charge on any atom is -0.489 e. The van der Waals surface area contributed by atoms with Crippen LogP contribution in [0.1, 0.15) is 60.3 Å². The van der Waals surface area contributed by atoms with E-state index in [1.165, 1.54) is 10.5 Å². The number of aliphatic carboxylic acids is 1. The van der Waals surface area contributed by atoms with Gasteiger partial charge in [0.25, 0.3) is 5.91 Å². The highest BCUT2D eigenvalue weighted by molar-refractivity contribution is 6.01. The van der Waals surface area contributed by atoms with Gasteiger partial charge in [-0.2, -0.15) is 0 Å². The number of benzene rings is 2. The first-order valence-corrected chi connectivity index (χ1v) is 13.4. The van der Waals surface area contributed by atoms with Crippen molar-refractivity contribution in [1.82, 2.24) is 14.8 Å². The molecule has 0 aliphatic carbocycles. The lowest BCUT2D eigenvalue weighted by atomic mass is 10.0. The van der Waals surface area contributed by atoms with Gasteiger partial charge in [0.15, 0.2) is 0 Å². The Morgan fingerprint density at radius 1 is 1.18 bits per heavy atom. The smallest absolute Gasteiger partial charge is 0.303 e. The highest BCUT2D eigenvalue weighted by Crippen LogP contribution is 2.31. The van der Waals surface area contributed by atoms with Gasteiger partial charge < -0.3 is 25.6 Å². The topological polar surface area (TPSA) is 146 Å². The van der Waals surface area contributed by atoms with Crippen molar-refractivity contribution in [2.75, 3.05) is 13.1 Å². The van der Waals surface area contributed by atoms with Gasteiger partial charge in [0.05, 0.1) is 11.2 Å². The second-order valence-electron chi connectivity index (χ2n) is 11.1. The normalized spacial score (nSPS) is 18.2. The van der Waals surface area contributed by atoms with Crippen LogP contribution in [0, 0.1) is 0 Å². The lowest BCUT2D eigenvalue weighted by molar-refractivity contribution is -0.137. The molecule has 2 unspecified atom stereocenters. The molecule has 0 radical (unpaired) electrons. The van der Waals surface area contributed by atoms with Crippen LogP contribution in [-0.4, -0.2) is 68.0 Å². The quantitative estimate of drug-likeness (QED) is 0.352. The van der Waals surface area contributed by atoms with Crippen LogP contribution in [0.2, 0.25) is 0 Å². The van der Waals surface area contributed by atoms with E-state index in [0.717, 1.165) is 42.5 Å². The van der Waals surface area contributed by atoms with Gasteiger partial charge in [0.2, 0.25) is 5.91 Å². The molecule has 40 heavy (non-hydrogen) atoms. The molecule has 2 aromatic carbocycles. The molecule has 4 N–H and O–H groups in total. The Kier molecular flexibility index (Phi) is 7.48. The van der Waals surface area contributed by atoms with Crippen molar-refractivity contribution in [3.8, 4) is 5.75 Å². The number of carbonyl (C=O) groups is 3. The molecule has 1 aromatic heterocycles. The van der Waals surface area contributed by atoms with E-state index in [4.69, 9.17) is 15.6 Å². The number of nitrogens with two attached hydrogens (primary N) is 1. The SMILES string of the molecule is CC(C)(O)c1ccc2cc(CN3CCC(Oc4ccc5c(c4)CN(C(CCC(=O)O)C(N)=O)C5=O)C3)ccc2n1. The Morgan fingerprint density at radius 3 is 2.70 bits per heavy atom. The number of pyridine rings is 1. The van der Waals surface area contributed by atoms with Crippen molar-refractivity contribution in [3.63, 3.8) is 0 Å². The van der Waals surface area contributed by atoms with Crippen molar-refractivity contribution < 1.29 is 29.3 Å². The summed E-state index contributed by atoms with van der Waals surface area (Å²) in [5.41, 5.74) is 8.37. The maximum Gasteiger partial charge on any atom is 0.303 e. The van der Waals surface area contributed by atoms with Crippen LogP contribution < -0.4 is 10.5 Å². The van der Waals surface area contributed by atoms with E-state index in [9.17, 15) is 19.5 Å². The number of fused-ring (bicyclic) bond motifs is 2. The Bertz CT molecular complexity index is 1470. The summed E-state index contributed by atoms with van der Waals surface area (Å²) in [6.45, 7) is 6.06. The third kappa shape index (κ3) is 5.93. The molecule has 2 aliphatic rings. The monoisotopic (exact) mass is 546 g/mol. The van der Waals surface area contributed by atoms with E-state index >= 15 is 0 Å². The molecule has 2 atom stereocenters. The fourth-order valence-electron chi connectivity index (χ4n) is 5.46. The molecule has 2 aliphatic heterocycles. The number of aromatic nitrogens is 1. The Labute approximate surface area is 232 Å². The Hall–Kier alpha value is -4.02. The molecule has 5 rings (SSSR count). The number of primary amides is 1. The van der Waals surface area contributed by atoms with Gasteiger partial charge in [0, 0.05) is 43.5 Å². The molecule has 1 fully saturated rings. The fourth-order valence-corrected chi connectivity index (χ4v) is 5.46. The second kappa shape index (κ2) is 10.9. The number of likely N-dealkylation sites (tertiary alicyclic amines) is 1. The summed E-state index contributed by atoms with van der Waals surface area (Å²) in [5, 5.41) is 20.3. The highest BCUT2D eigenvalue weighted by atomic mass is 16.5. The van der Waals surface area contributed by atoms with Gasteiger partial charge in [-0.05, 0) is 74.2 Å². The molecule has 210 valence electrons. The maximum absolute atomic E-state index is 12.9. The number of carboxylic acids is 1. The lowest BCUT2D eigenvalue weighted by Crippen LogP contribution is -2.45. The van der Waals surface area contributed by atoms with E-state index in [2.05, 4.69) is 22.0 Å². The molecule has 1 saturated heterocycles. The van der Waals surface area contributed by atoms with E-state index in [-0.39, 0.29) is 31.4 Å². The zero-order valence-electron chi connectivity index (χ0n) is 22.7. The predicted octanol–water partition coefficient (Wildman–Crippen LogP) is 2.79. The number of carboxylic acid groups (broad SMARTS) is 1. The van der Waals surface area contributed by atoms with Gasteiger partial charge in [-0.15, -0.1) is 0 Å². The van der Waals surface area contributed by atoms with Gasteiger partial charge in [-0.3, -0.25) is 19.3 Å².